The second-order valence-electron chi connectivity index (χ2n) is 8.01. The van der Waals surface area contributed by atoms with Crippen LogP contribution in [0.2, 0.25) is 0 Å². The van der Waals surface area contributed by atoms with Gasteiger partial charge in [-0.25, -0.2) is 0 Å². The first-order chi connectivity index (χ1) is 15.1. The van der Waals surface area contributed by atoms with Crippen molar-refractivity contribution in [1.82, 2.24) is 0 Å². The minimum atomic E-state index is -0.449. The predicted octanol–water partition coefficient (Wildman–Crippen LogP) is 6.16. The van der Waals surface area contributed by atoms with E-state index in [4.69, 9.17) is 19.3 Å². The Bertz CT molecular complexity index is 421. The Labute approximate surface area is 191 Å². The van der Waals surface area contributed by atoms with E-state index in [1.807, 2.05) is 12.2 Å². The van der Waals surface area contributed by atoms with E-state index in [1.165, 1.54) is 51.4 Å². The number of hydrogen-bond acceptors (Lipinski definition) is 5. The van der Waals surface area contributed by atoms with Crippen LogP contribution in [0, 0.1) is 12.8 Å². The normalized spacial score (nSPS) is 12.9. The molecule has 0 aromatic carbocycles. The van der Waals surface area contributed by atoms with Crippen LogP contribution in [0.4, 0.5) is 0 Å². The smallest absolute Gasteiger partial charge is 0.305 e. The first-order valence-corrected chi connectivity index (χ1v) is 12.3. The average molecular weight is 440 g/mol. The molecule has 0 bridgehead atoms. The Morgan fingerprint density at radius 1 is 0.871 bits per heavy atom. The molecule has 31 heavy (non-hydrogen) atoms. The monoisotopic (exact) mass is 439 g/mol. The highest BCUT2D eigenvalue weighted by Gasteiger charge is 2.13. The summed E-state index contributed by atoms with van der Waals surface area (Å²) in [6, 6.07) is 0. The van der Waals surface area contributed by atoms with E-state index in [2.05, 4.69) is 32.9 Å². The molecule has 0 fully saturated rings. The molecule has 0 aliphatic carbocycles. The van der Waals surface area contributed by atoms with Gasteiger partial charge in [0.25, 0.3) is 0 Å². The number of ether oxygens (including phenoxy) is 3. The first kappa shape index (κ1) is 29.8. The molecule has 1 unspecified atom stereocenters. The lowest BCUT2D eigenvalue weighted by Gasteiger charge is -2.17. The Kier molecular flexibility index (Phi) is 22.6. The fourth-order valence-corrected chi connectivity index (χ4v) is 2.86. The van der Waals surface area contributed by atoms with Crippen LogP contribution in [0.5, 0.6) is 0 Å². The zero-order chi connectivity index (χ0) is 23.0. The van der Waals surface area contributed by atoms with E-state index in [0.29, 0.717) is 19.6 Å². The number of hydrogen-bond donors (Lipinski definition) is 1. The van der Waals surface area contributed by atoms with Crippen LogP contribution in [-0.2, 0) is 19.0 Å². The maximum absolute atomic E-state index is 11.9. The van der Waals surface area contributed by atoms with Crippen LogP contribution < -0.4 is 0 Å². The van der Waals surface area contributed by atoms with E-state index in [-0.39, 0.29) is 31.5 Å². The molecule has 0 spiro atoms. The predicted molar refractivity (Wildman–Crippen MR) is 128 cm³/mol. The molecule has 0 aliphatic rings. The molecular formula is C26H47O5. The van der Waals surface area contributed by atoms with Gasteiger partial charge in [-0.05, 0) is 32.6 Å². The van der Waals surface area contributed by atoms with Gasteiger partial charge in [0, 0.05) is 18.9 Å². The third-order valence-corrected chi connectivity index (χ3v) is 4.86. The third kappa shape index (κ3) is 21.8. The molecule has 1 N–H and O–H groups in total. The van der Waals surface area contributed by atoms with Gasteiger partial charge in [-0.2, -0.15) is 0 Å². The molecule has 0 aliphatic heterocycles. The molecule has 5 nitrogen and oxygen atoms in total. The van der Waals surface area contributed by atoms with E-state index in [1.54, 1.807) is 0 Å². The van der Waals surface area contributed by atoms with Crippen molar-refractivity contribution in [1.29, 1.82) is 0 Å². The summed E-state index contributed by atoms with van der Waals surface area (Å²) < 4.78 is 16.8. The lowest BCUT2D eigenvalue weighted by Crippen LogP contribution is -2.21. The number of carbonyl (C=O) groups excluding carboxylic acids is 1. The van der Waals surface area contributed by atoms with Gasteiger partial charge in [-0.1, -0.05) is 76.7 Å². The summed E-state index contributed by atoms with van der Waals surface area (Å²) in [5.41, 5.74) is 0. The maximum Gasteiger partial charge on any atom is 0.305 e. The molecular weight excluding hydrogens is 392 g/mol. The van der Waals surface area contributed by atoms with Gasteiger partial charge in [0.1, 0.15) is 0 Å². The van der Waals surface area contributed by atoms with Crippen molar-refractivity contribution >= 4 is 5.97 Å². The largest absolute Gasteiger partial charge is 0.465 e. The standard InChI is InChI=1S/C26H47O5/c1-4-6-8-10-12-14-16-20-29-26(19-18-25(28)31-23-24(3)22-27)30-21-17-15-13-11-9-7-5-2/h14-17,24,26-27H,3-13,18-23H2,1-2H3/b16-14-,17-15-. The molecule has 0 saturated heterocycles. The van der Waals surface area contributed by atoms with Gasteiger partial charge in [0.05, 0.1) is 26.2 Å². The van der Waals surface area contributed by atoms with Gasteiger partial charge in [0.2, 0.25) is 0 Å². The second kappa shape index (κ2) is 23.5. The van der Waals surface area contributed by atoms with Crippen molar-refractivity contribution in [3.8, 4) is 0 Å². The van der Waals surface area contributed by atoms with Crippen molar-refractivity contribution in [2.45, 2.75) is 97.2 Å². The minimum Gasteiger partial charge on any atom is -0.465 e. The van der Waals surface area contributed by atoms with Crippen molar-refractivity contribution in [3.63, 3.8) is 0 Å². The van der Waals surface area contributed by atoms with E-state index >= 15 is 0 Å². The zero-order valence-electron chi connectivity index (χ0n) is 20.1. The Balaban J connectivity index is 4.23. The summed E-state index contributed by atoms with van der Waals surface area (Å²) in [6.45, 7) is 9.09. The number of carbonyl (C=O) groups is 1. The Hall–Kier alpha value is -1.17. The van der Waals surface area contributed by atoms with Gasteiger partial charge in [-0.15, -0.1) is 0 Å². The molecule has 0 heterocycles. The summed E-state index contributed by atoms with van der Waals surface area (Å²) in [4.78, 5) is 11.9. The number of aliphatic hydroxyl groups excluding tert-OH is 1. The molecule has 0 aromatic rings. The number of allylic oxidation sites excluding steroid dienone is 2. The van der Waals surface area contributed by atoms with E-state index < -0.39 is 6.29 Å². The van der Waals surface area contributed by atoms with Crippen molar-refractivity contribution in [2.75, 3.05) is 26.4 Å². The molecule has 5 heteroatoms. The molecule has 0 amide bonds. The zero-order valence-corrected chi connectivity index (χ0v) is 20.1. The van der Waals surface area contributed by atoms with Gasteiger partial charge in [0.15, 0.2) is 6.29 Å². The van der Waals surface area contributed by atoms with Gasteiger partial charge in [-0.3, -0.25) is 4.79 Å². The van der Waals surface area contributed by atoms with Crippen LogP contribution in [0.25, 0.3) is 0 Å². The van der Waals surface area contributed by atoms with Gasteiger partial charge >= 0.3 is 5.97 Å². The molecule has 0 rings (SSSR count). The summed E-state index contributed by atoms with van der Waals surface area (Å²) in [7, 11) is 0. The van der Waals surface area contributed by atoms with Gasteiger partial charge < -0.3 is 19.3 Å². The van der Waals surface area contributed by atoms with Crippen molar-refractivity contribution in [3.05, 3.63) is 31.2 Å². The minimum absolute atomic E-state index is 0.0995. The molecule has 0 saturated carbocycles. The third-order valence-electron chi connectivity index (χ3n) is 4.86. The van der Waals surface area contributed by atoms with Crippen molar-refractivity contribution in [2.24, 2.45) is 5.92 Å². The maximum atomic E-state index is 11.9. The number of unbranched alkanes of at least 4 members (excludes halogenated alkanes) is 8. The molecule has 1 atom stereocenters. The summed E-state index contributed by atoms with van der Waals surface area (Å²) >= 11 is 0. The lowest BCUT2D eigenvalue weighted by molar-refractivity contribution is -0.154. The van der Waals surface area contributed by atoms with Crippen LogP contribution in [0.1, 0.15) is 90.9 Å². The fraction of sp³-hybridized carbons (Fsp3) is 0.769. The quantitative estimate of drug-likeness (QED) is 0.0946. The highest BCUT2D eigenvalue weighted by atomic mass is 16.7. The van der Waals surface area contributed by atoms with E-state index in [9.17, 15) is 4.79 Å². The summed E-state index contributed by atoms with van der Waals surface area (Å²) in [5.74, 6) is -0.616. The SMILES string of the molecule is [CH2]C(CO)COC(=O)CCC(OC/C=C\CCCCCC)OC/C=C\CCCCCC. The summed E-state index contributed by atoms with van der Waals surface area (Å²) in [5, 5.41) is 8.96. The van der Waals surface area contributed by atoms with Crippen LogP contribution in [0.15, 0.2) is 24.3 Å². The summed E-state index contributed by atoms with van der Waals surface area (Å²) in [6.07, 6.45) is 20.7. The highest BCUT2D eigenvalue weighted by Crippen LogP contribution is 2.09. The lowest BCUT2D eigenvalue weighted by atomic mass is 10.1. The molecule has 1 radical (unpaired) electrons. The number of aliphatic hydroxyl groups is 1. The van der Waals surface area contributed by atoms with Crippen LogP contribution in [-0.4, -0.2) is 43.8 Å². The Morgan fingerprint density at radius 3 is 1.90 bits per heavy atom. The van der Waals surface area contributed by atoms with Crippen molar-refractivity contribution < 1.29 is 24.1 Å². The first-order valence-electron chi connectivity index (χ1n) is 12.3. The fourth-order valence-electron chi connectivity index (χ4n) is 2.86. The van der Waals surface area contributed by atoms with E-state index in [0.717, 1.165) is 12.8 Å². The Morgan fingerprint density at radius 2 is 1.42 bits per heavy atom. The second-order valence-corrected chi connectivity index (χ2v) is 8.01. The van der Waals surface area contributed by atoms with Crippen LogP contribution >= 0.6 is 0 Å². The molecule has 181 valence electrons. The van der Waals surface area contributed by atoms with Crippen LogP contribution in [0.3, 0.4) is 0 Å². The highest BCUT2D eigenvalue weighted by molar-refractivity contribution is 5.69. The topological polar surface area (TPSA) is 65.0 Å². The number of rotatable bonds is 22. The average Bonchev–Trinajstić information content (AvgIpc) is 2.78. The molecule has 0 aromatic heterocycles. The number of esters is 1.